The average molecular weight is 413 g/mol. The number of hydrogen-bond donors (Lipinski definition) is 4. The van der Waals surface area contributed by atoms with Crippen molar-refractivity contribution >= 4 is 34.8 Å². The molecule has 1 amide bonds. The van der Waals surface area contributed by atoms with Crippen LogP contribution in [0.2, 0.25) is 5.02 Å². The van der Waals surface area contributed by atoms with E-state index >= 15 is 0 Å². The number of aromatic amines is 1. The summed E-state index contributed by atoms with van der Waals surface area (Å²) >= 11 is 6.27. The third kappa shape index (κ3) is 3.47. The van der Waals surface area contributed by atoms with E-state index in [2.05, 4.69) is 25.6 Å². The Morgan fingerprint density at radius 3 is 2.93 bits per heavy atom. The van der Waals surface area contributed by atoms with Gasteiger partial charge in [-0.3, -0.25) is 4.79 Å². The Balaban J connectivity index is 1.89. The lowest BCUT2D eigenvalue weighted by Gasteiger charge is -2.23. The Morgan fingerprint density at radius 1 is 1.38 bits per heavy atom. The second kappa shape index (κ2) is 7.63. The number of nitrogens with zero attached hydrogens (tertiary/aromatic N) is 2. The summed E-state index contributed by atoms with van der Waals surface area (Å²) in [6, 6.07) is 7.19. The molecule has 5 N–H and O–H groups in total. The van der Waals surface area contributed by atoms with Crippen molar-refractivity contribution in [2.75, 3.05) is 18.2 Å². The first-order valence-electron chi connectivity index (χ1n) is 9.26. The van der Waals surface area contributed by atoms with Gasteiger partial charge in [0.25, 0.3) is 5.91 Å². The lowest BCUT2D eigenvalue weighted by Crippen LogP contribution is -2.40. The molecule has 2 aromatic heterocycles. The Hall–Kier alpha value is -3.26. The van der Waals surface area contributed by atoms with Gasteiger partial charge in [0.1, 0.15) is 0 Å². The number of H-pyrrole nitrogens is 1. The molecule has 150 valence electrons. The number of amides is 1. The van der Waals surface area contributed by atoms with Gasteiger partial charge in [-0.15, -0.1) is 0 Å². The number of halogens is 1. The molecule has 3 aromatic rings. The van der Waals surface area contributed by atoms with Crippen molar-refractivity contribution in [1.29, 1.82) is 0 Å². The summed E-state index contributed by atoms with van der Waals surface area (Å²) in [7, 11) is 1.55. The maximum absolute atomic E-state index is 12.9. The molecular weight excluding hydrogens is 392 g/mol. The summed E-state index contributed by atoms with van der Waals surface area (Å²) in [4.78, 5) is 24.6. The zero-order valence-corrected chi connectivity index (χ0v) is 16.8. The molecule has 0 saturated carbocycles. The van der Waals surface area contributed by atoms with Crippen molar-refractivity contribution in [3.63, 3.8) is 0 Å². The lowest BCUT2D eigenvalue weighted by atomic mass is 9.99. The number of carbonyl (C=O) groups excluding carboxylic acids is 1. The van der Waals surface area contributed by atoms with Gasteiger partial charge in [0.05, 0.1) is 40.5 Å². The van der Waals surface area contributed by atoms with Crippen LogP contribution in [0.25, 0.3) is 11.4 Å². The van der Waals surface area contributed by atoms with Crippen LogP contribution >= 0.6 is 11.6 Å². The van der Waals surface area contributed by atoms with Crippen LogP contribution in [-0.4, -0.2) is 34.0 Å². The number of aromatic nitrogens is 3. The second-order valence-corrected chi connectivity index (χ2v) is 7.16. The summed E-state index contributed by atoms with van der Waals surface area (Å²) in [5.74, 6) is 0.489. The van der Waals surface area contributed by atoms with E-state index in [1.807, 2.05) is 19.1 Å². The second-order valence-electron chi connectivity index (χ2n) is 6.76. The number of hydrogen-bond acceptors (Lipinski definition) is 6. The Labute approximate surface area is 172 Å². The van der Waals surface area contributed by atoms with Crippen molar-refractivity contribution in [3.05, 3.63) is 46.7 Å². The van der Waals surface area contributed by atoms with Crippen molar-refractivity contribution in [2.24, 2.45) is 0 Å². The molecule has 4 rings (SSSR count). The van der Waals surface area contributed by atoms with Crippen molar-refractivity contribution in [3.8, 4) is 17.1 Å². The number of methoxy groups -OCH3 is 1. The fraction of sp³-hybridized carbons (Fsp3) is 0.250. The molecule has 8 nitrogen and oxygen atoms in total. The van der Waals surface area contributed by atoms with Gasteiger partial charge in [-0.05, 0) is 24.6 Å². The molecule has 1 atom stereocenters. The first-order chi connectivity index (χ1) is 14.0. The smallest absolute Gasteiger partial charge is 0.255 e. The molecule has 0 unspecified atom stereocenters. The number of nitrogens with one attached hydrogen (secondary N) is 3. The van der Waals surface area contributed by atoms with Crippen molar-refractivity contribution in [2.45, 2.75) is 25.8 Å². The van der Waals surface area contributed by atoms with Crippen LogP contribution in [0.3, 0.4) is 0 Å². The highest BCUT2D eigenvalue weighted by Crippen LogP contribution is 2.40. The molecule has 1 aliphatic rings. The highest BCUT2D eigenvalue weighted by Gasteiger charge is 2.31. The van der Waals surface area contributed by atoms with Crippen LogP contribution in [0.1, 0.15) is 29.4 Å². The van der Waals surface area contributed by atoms with Gasteiger partial charge in [0.15, 0.2) is 5.75 Å². The molecule has 29 heavy (non-hydrogen) atoms. The number of para-hydroxylation sites is 1. The zero-order valence-electron chi connectivity index (χ0n) is 16.0. The first kappa shape index (κ1) is 19.1. The number of rotatable bonds is 5. The first-order valence-corrected chi connectivity index (χ1v) is 9.63. The predicted molar refractivity (Wildman–Crippen MR) is 113 cm³/mol. The van der Waals surface area contributed by atoms with E-state index in [0.717, 1.165) is 12.1 Å². The lowest BCUT2D eigenvalue weighted by molar-refractivity contribution is 0.0925. The SMILES string of the molecule is CC[C@H]1Cc2[nH]c(-c3ccnc(N)n3)c(Nc3cccc(Cl)c3OC)c2C(=O)N1. The van der Waals surface area contributed by atoms with Crippen LogP contribution in [0.5, 0.6) is 5.75 Å². The van der Waals surface area contributed by atoms with Crippen molar-refractivity contribution < 1.29 is 9.53 Å². The Kier molecular flexibility index (Phi) is 5.02. The third-order valence-electron chi connectivity index (χ3n) is 4.94. The van der Waals surface area contributed by atoms with E-state index < -0.39 is 0 Å². The number of nitrogens with two attached hydrogens (primary N) is 1. The minimum Gasteiger partial charge on any atom is -0.493 e. The van der Waals surface area contributed by atoms with Crippen LogP contribution in [0.15, 0.2) is 30.5 Å². The maximum atomic E-state index is 12.9. The molecular formula is C20H21ClN6O2. The molecule has 3 heterocycles. The van der Waals surface area contributed by atoms with E-state index in [4.69, 9.17) is 22.1 Å². The number of benzene rings is 1. The number of fused-ring (bicyclic) bond motifs is 1. The van der Waals surface area contributed by atoms with Gasteiger partial charge >= 0.3 is 0 Å². The minimum atomic E-state index is -0.147. The maximum Gasteiger partial charge on any atom is 0.255 e. The number of carbonyl (C=O) groups is 1. The predicted octanol–water partition coefficient (Wildman–Crippen LogP) is 3.52. The molecule has 9 heteroatoms. The van der Waals surface area contributed by atoms with E-state index in [1.165, 1.54) is 0 Å². The fourth-order valence-electron chi connectivity index (χ4n) is 3.54. The van der Waals surface area contributed by atoms with Gasteiger partial charge in [-0.2, -0.15) is 0 Å². The molecule has 0 fully saturated rings. The van der Waals surface area contributed by atoms with Gasteiger partial charge in [-0.1, -0.05) is 24.6 Å². The van der Waals surface area contributed by atoms with Crippen LogP contribution in [0.4, 0.5) is 17.3 Å². The summed E-state index contributed by atoms with van der Waals surface area (Å²) < 4.78 is 5.44. The Bertz CT molecular complexity index is 1080. The molecule has 0 aliphatic carbocycles. The monoisotopic (exact) mass is 412 g/mol. The minimum absolute atomic E-state index is 0.0746. The number of ether oxygens (including phenoxy) is 1. The third-order valence-corrected chi connectivity index (χ3v) is 5.24. The largest absolute Gasteiger partial charge is 0.493 e. The summed E-state index contributed by atoms with van der Waals surface area (Å²) in [5.41, 5.74) is 9.63. The molecule has 1 aromatic carbocycles. The van der Waals surface area contributed by atoms with Crippen molar-refractivity contribution in [1.82, 2.24) is 20.3 Å². The summed E-state index contributed by atoms with van der Waals surface area (Å²) in [6.07, 6.45) is 3.11. The van der Waals surface area contributed by atoms with Gasteiger partial charge in [-0.25, -0.2) is 9.97 Å². The topological polar surface area (TPSA) is 118 Å². The number of nitrogen functional groups attached to an aromatic ring is 1. The average Bonchev–Trinajstić information content (AvgIpc) is 3.07. The summed E-state index contributed by atoms with van der Waals surface area (Å²) in [6.45, 7) is 2.04. The van der Waals surface area contributed by atoms with E-state index in [-0.39, 0.29) is 17.9 Å². The molecule has 0 saturated heterocycles. The fourth-order valence-corrected chi connectivity index (χ4v) is 3.79. The quantitative estimate of drug-likeness (QED) is 0.509. The number of anilines is 3. The van der Waals surface area contributed by atoms with E-state index in [9.17, 15) is 4.79 Å². The highest BCUT2D eigenvalue weighted by atomic mass is 35.5. The van der Waals surface area contributed by atoms with Gasteiger partial charge in [0.2, 0.25) is 5.95 Å². The van der Waals surface area contributed by atoms with E-state index in [1.54, 1.807) is 25.4 Å². The normalized spacial score (nSPS) is 15.6. The van der Waals surface area contributed by atoms with Crippen LogP contribution in [-0.2, 0) is 6.42 Å². The molecule has 0 spiro atoms. The molecule has 1 aliphatic heterocycles. The standard InChI is InChI=1S/C20H21ClN6O2/c1-3-10-9-14-15(19(28)24-10)17(16(26-14)12-7-8-23-20(22)27-12)25-13-6-4-5-11(21)18(13)29-2/h4-8,10,25-26H,3,9H2,1-2H3,(H,24,28)(H2,22,23,27)/t10-/m0/s1. The Morgan fingerprint density at radius 2 is 2.21 bits per heavy atom. The molecule has 0 bridgehead atoms. The zero-order chi connectivity index (χ0) is 20.5. The summed E-state index contributed by atoms with van der Waals surface area (Å²) in [5, 5.41) is 6.83. The van der Waals surface area contributed by atoms with E-state index in [0.29, 0.717) is 45.5 Å². The molecule has 0 radical (unpaired) electrons. The highest BCUT2D eigenvalue weighted by molar-refractivity contribution is 6.32. The van der Waals surface area contributed by atoms with Crippen LogP contribution in [0, 0.1) is 0 Å². The van der Waals surface area contributed by atoms with Gasteiger partial charge in [0, 0.05) is 24.4 Å². The van der Waals surface area contributed by atoms with Crippen LogP contribution < -0.4 is 21.1 Å². The van der Waals surface area contributed by atoms with Gasteiger partial charge < -0.3 is 26.1 Å².